The van der Waals surface area contributed by atoms with Gasteiger partial charge in [0.2, 0.25) is 0 Å². The summed E-state index contributed by atoms with van der Waals surface area (Å²) in [5.74, 6) is -2.03. The molecular formula is C64H110NO8+. The molecule has 0 aliphatic heterocycles. The molecule has 0 radical (unpaired) electrons. The Hall–Kier alpha value is -3.79. The van der Waals surface area contributed by atoms with E-state index >= 15 is 0 Å². The number of quaternary nitrogens is 1. The lowest BCUT2D eigenvalue weighted by Gasteiger charge is -2.25. The van der Waals surface area contributed by atoms with Gasteiger partial charge in [-0.2, -0.15) is 0 Å². The SMILES string of the molecule is CC/C=C\C/C=C\C/C=C\C/C=C\C/C=C\C/C=C\CCCCCCCCCCCCCCCCC(=O)OC(COC(=O)CCCCCCC/C=C\C/C=C\CCCCC)COC(OCC[N+](C)(C)C)C(=O)O. The summed E-state index contributed by atoms with van der Waals surface area (Å²) in [5, 5.41) is 9.69. The summed E-state index contributed by atoms with van der Waals surface area (Å²) in [4.78, 5) is 37.4. The molecule has 0 heterocycles. The highest BCUT2D eigenvalue weighted by Crippen LogP contribution is 2.16. The van der Waals surface area contributed by atoms with Gasteiger partial charge >= 0.3 is 17.9 Å². The molecule has 0 aliphatic carbocycles. The molecular weight excluding hydrogens is 911 g/mol. The first-order valence-corrected chi connectivity index (χ1v) is 29.4. The Morgan fingerprint density at radius 2 is 0.781 bits per heavy atom. The second-order valence-electron chi connectivity index (χ2n) is 20.6. The molecule has 0 aromatic rings. The van der Waals surface area contributed by atoms with E-state index < -0.39 is 24.3 Å². The van der Waals surface area contributed by atoms with Crippen LogP contribution in [0.25, 0.3) is 0 Å². The van der Waals surface area contributed by atoms with Crippen molar-refractivity contribution in [2.45, 2.75) is 245 Å². The number of carboxylic acids is 1. The number of likely N-dealkylation sites (N-methyl/N-ethyl adjacent to an activating group) is 1. The maximum atomic E-state index is 12.9. The number of nitrogens with zero attached hydrogens (tertiary/aromatic N) is 1. The number of aliphatic carboxylic acids is 1. The van der Waals surface area contributed by atoms with E-state index in [9.17, 15) is 19.5 Å². The summed E-state index contributed by atoms with van der Waals surface area (Å²) < 4.78 is 22.8. The minimum absolute atomic E-state index is 0.182. The standard InChI is InChI=1S/C64H109NO8/c1-6-8-10-12-14-16-18-20-22-23-24-25-26-27-28-29-30-31-32-33-34-35-36-37-38-39-41-43-45-47-49-51-53-55-62(67)73-60(59-72-64(63(68)69)70-57-56-65(3,4)5)58-71-61(66)54-52-50-48-46-44-42-40-21-19-17-15-13-11-9-7-2/h8,10,14-17,20-22,24-25,27-28,30-31,40,60,64H,6-7,9,11-13,18-19,23,26,29,32-39,41-59H2,1-5H3/p+1/b10-8-,16-14-,17-15-,22-20-,25-24-,28-27-,31-30-,40-21-. The van der Waals surface area contributed by atoms with E-state index in [1.807, 2.05) is 21.1 Å². The van der Waals surface area contributed by atoms with Crippen molar-refractivity contribution in [3.63, 3.8) is 0 Å². The summed E-state index contributed by atoms with van der Waals surface area (Å²) in [6.07, 6.45) is 70.6. The third-order valence-electron chi connectivity index (χ3n) is 12.3. The quantitative estimate of drug-likeness (QED) is 0.0211. The van der Waals surface area contributed by atoms with Crippen LogP contribution in [0.1, 0.15) is 232 Å². The number of carbonyl (C=O) groups excluding carboxylic acids is 2. The predicted octanol–water partition coefficient (Wildman–Crippen LogP) is 17.3. The smallest absolute Gasteiger partial charge is 0.361 e. The fraction of sp³-hybridized carbons (Fsp3) is 0.703. The first kappa shape index (κ1) is 69.2. The molecule has 0 bridgehead atoms. The Kier molecular flexibility index (Phi) is 51.6. The van der Waals surface area contributed by atoms with Crippen LogP contribution in [0.15, 0.2) is 97.2 Å². The average Bonchev–Trinajstić information content (AvgIpc) is 3.36. The number of ether oxygens (including phenoxy) is 4. The minimum Gasteiger partial charge on any atom is -0.477 e. The lowest BCUT2D eigenvalue weighted by molar-refractivity contribution is -0.870. The first-order chi connectivity index (χ1) is 35.6. The Balaban J connectivity index is 4.17. The van der Waals surface area contributed by atoms with Crippen molar-refractivity contribution in [3.05, 3.63) is 97.2 Å². The lowest BCUT2D eigenvalue weighted by Crippen LogP contribution is -2.40. The van der Waals surface area contributed by atoms with Crippen molar-refractivity contribution in [1.29, 1.82) is 0 Å². The van der Waals surface area contributed by atoms with Crippen LogP contribution < -0.4 is 0 Å². The molecule has 0 aliphatic rings. The zero-order valence-electron chi connectivity index (χ0n) is 47.5. The van der Waals surface area contributed by atoms with E-state index in [0.717, 1.165) is 103 Å². The number of carboxylic acid groups (broad SMARTS) is 1. The molecule has 2 atom stereocenters. The maximum Gasteiger partial charge on any atom is 0.361 e. The van der Waals surface area contributed by atoms with Gasteiger partial charge in [-0.15, -0.1) is 0 Å². The first-order valence-electron chi connectivity index (χ1n) is 29.4. The lowest BCUT2D eigenvalue weighted by atomic mass is 10.0. The van der Waals surface area contributed by atoms with Gasteiger partial charge in [0, 0.05) is 12.8 Å². The molecule has 0 amide bonds. The number of hydrogen-bond donors (Lipinski definition) is 1. The number of hydrogen-bond acceptors (Lipinski definition) is 7. The molecule has 9 heteroatoms. The van der Waals surface area contributed by atoms with Gasteiger partial charge in [0.25, 0.3) is 6.29 Å². The highest BCUT2D eigenvalue weighted by atomic mass is 16.7. The summed E-state index contributed by atoms with van der Waals surface area (Å²) in [6, 6.07) is 0. The van der Waals surface area contributed by atoms with Crippen LogP contribution in [-0.4, -0.2) is 87.4 Å². The topological polar surface area (TPSA) is 108 Å². The second kappa shape index (κ2) is 54.5. The molecule has 418 valence electrons. The van der Waals surface area contributed by atoms with Gasteiger partial charge in [-0.3, -0.25) is 9.59 Å². The van der Waals surface area contributed by atoms with E-state index in [0.29, 0.717) is 17.4 Å². The number of carbonyl (C=O) groups is 3. The van der Waals surface area contributed by atoms with E-state index in [-0.39, 0.29) is 38.6 Å². The van der Waals surface area contributed by atoms with Crippen molar-refractivity contribution in [2.75, 3.05) is 47.5 Å². The summed E-state index contributed by atoms with van der Waals surface area (Å²) in [7, 11) is 5.96. The highest BCUT2D eigenvalue weighted by molar-refractivity contribution is 5.71. The predicted molar refractivity (Wildman–Crippen MR) is 309 cm³/mol. The van der Waals surface area contributed by atoms with Crippen LogP contribution in [0.4, 0.5) is 0 Å². The van der Waals surface area contributed by atoms with Crippen molar-refractivity contribution >= 4 is 17.9 Å². The van der Waals surface area contributed by atoms with Crippen molar-refractivity contribution < 1.29 is 42.9 Å². The van der Waals surface area contributed by atoms with Gasteiger partial charge in [0.1, 0.15) is 13.2 Å². The van der Waals surface area contributed by atoms with Gasteiger partial charge in [0.05, 0.1) is 34.4 Å². The van der Waals surface area contributed by atoms with Crippen LogP contribution in [0, 0.1) is 0 Å². The van der Waals surface area contributed by atoms with E-state index in [2.05, 4.69) is 111 Å². The molecule has 0 aromatic heterocycles. The zero-order valence-corrected chi connectivity index (χ0v) is 47.5. The van der Waals surface area contributed by atoms with Crippen molar-refractivity contribution in [3.8, 4) is 0 Å². The molecule has 0 aromatic carbocycles. The number of unbranched alkanes of at least 4 members (excludes halogenated alkanes) is 22. The fourth-order valence-corrected chi connectivity index (χ4v) is 7.81. The Morgan fingerprint density at radius 1 is 0.425 bits per heavy atom. The summed E-state index contributed by atoms with van der Waals surface area (Å²) in [5.41, 5.74) is 0. The van der Waals surface area contributed by atoms with Crippen molar-refractivity contribution in [1.82, 2.24) is 0 Å². The van der Waals surface area contributed by atoms with E-state index in [4.69, 9.17) is 18.9 Å². The molecule has 2 unspecified atom stereocenters. The third kappa shape index (κ3) is 55.8. The second-order valence-corrected chi connectivity index (χ2v) is 20.6. The van der Waals surface area contributed by atoms with Crippen molar-refractivity contribution in [2.24, 2.45) is 0 Å². The van der Waals surface area contributed by atoms with Gasteiger partial charge in [-0.25, -0.2) is 4.79 Å². The molecule has 73 heavy (non-hydrogen) atoms. The molecule has 0 saturated heterocycles. The molecule has 0 spiro atoms. The Bertz CT molecular complexity index is 1520. The van der Waals surface area contributed by atoms with E-state index in [1.165, 1.54) is 96.3 Å². The number of esters is 2. The zero-order chi connectivity index (χ0) is 53.4. The fourth-order valence-electron chi connectivity index (χ4n) is 7.81. The normalized spacial score (nSPS) is 13.5. The molecule has 0 saturated carbocycles. The molecule has 0 rings (SSSR count). The Labute approximate surface area is 448 Å². The van der Waals surface area contributed by atoms with Gasteiger partial charge in [-0.1, -0.05) is 220 Å². The minimum atomic E-state index is -1.52. The molecule has 9 nitrogen and oxygen atoms in total. The number of allylic oxidation sites excluding steroid dienone is 16. The average molecular weight is 1020 g/mol. The molecule has 1 N–H and O–H groups in total. The van der Waals surface area contributed by atoms with Crippen LogP contribution in [0.3, 0.4) is 0 Å². The van der Waals surface area contributed by atoms with Crippen LogP contribution >= 0.6 is 0 Å². The largest absolute Gasteiger partial charge is 0.477 e. The third-order valence-corrected chi connectivity index (χ3v) is 12.3. The Morgan fingerprint density at radius 3 is 1.16 bits per heavy atom. The summed E-state index contributed by atoms with van der Waals surface area (Å²) >= 11 is 0. The van der Waals surface area contributed by atoms with Crippen LogP contribution in [0.5, 0.6) is 0 Å². The highest BCUT2D eigenvalue weighted by Gasteiger charge is 2.25. The number of rotatable bonds is 53. The van der Waals surface area contributed by atoms with Gasteiger partial charge in [0.15, 0.2) is 6.10 Å². The van der Waals surface area contributed by atoms with Gasteiger partial charge < -0.3 is 28.5 Å². The van der Waals surface area contributed by atoms with Gasteiger partial charge in [-0.05, 0) is 96.3 Å². The summed E-state index contributed by atoms with van der Waals surface area (Å²) in [6.45, 7) is 4.72. The monoisotopic (exact) mass is 1020 g/mol. The van der Waals surface area contributed by atoms with Crippen LogP contribution in [-0.2, 0) is 33.3 Å². The van der Waals surface area contributed by atoms with Crippen LogP contribution in [0.2, 0.25) is 0 Å². The maximum absolute atomic E-state index is 12.9. The van der Waals surface area contributed by atoms with E-state index in [1.54, 1.807) is 0 Å². The molecule has 0 fully saturated rings.